The normalized spacial score (nSPS) is 12.1. The second kappa shape index (κ2) is 11.3. The number of hydrogen-bond acceptors (Lipinski definition) is 2. The van der Waals surface area contributed by atoms with Crippen LogP contribution in [0.3, 0.4) is 0 Å². The molecule has 0 spiro atoms. The van der Waals surface area contributed by atoms with Crippen molar-refractivity contribution in [2.24, 2.45) is 0 Å². The Balaban J connectivity index is 1.37. The first-order chi connectivity index (χ1) is 27.2. The van der Waals surface area contributed by atoms with E-state index in [1.165, 1.54) is 0 Å². The number of fused-ring (bicyclic) bond motifs is 12. The molecule has 0 unspecified atom stereocenters. The minimum Gasteiger partial charge on any atom is -0.309 e. The first-order valence-corrected chi connectivity index (χ1v) is 18.6. The minimum absolute atomic E-state index is 0.0656. The second-order valence-electron chi connectivity index (χ2n) is 14.3. The maximum atomic E-state index is 15.7. The summed E-state index contributed by atoms with van der Waals surface area (Å²) in [5.41, 5.74) is 9.76. The molecule has 0 saturated heterocycles. The molecule has 4 heterocycles. The van der Waals surface area contributed by atoms with Crippen molar-refractivity contribution < 1.29 is 0 Å². The van der Waals surface area contributed by atoms with Gasteiger partial charge in [-0.15, -0.1) is 0 Å². The number of para-hydroxylation sites is 6. The molecular weight excluding hydrogens is 673 g/mol. The molecule has 0 aliphatic carbocycles. The Morgan fingerprint density at radius 3 is 1.49 bits per heavy atom. The fourth-order valence-electron chi connectivity index (χ4n) is 9.13. The molecule has 0 aliphatic rings. The first kappa shape index (κ1) is 30.0. The van der Waals surface area contributed by atoms with E-state index in [-0.39, 0.29) is 5.56 Å². The van der Waals surface area contributed by atoms with Gasteiger partial charge in [-0.2, -0.15) is 0 Å². The molecule has 12 aromatic rings. The third-order valence-electron chi connectivity index (χ3n) is 11.4. The Morgan fingerprint density at radius 2 is 0.836 bits per heavy atom. The summed E-state index contributed by atoms with van der Waals surface area (Å²) in [5, 5.41) is 8.97. The maximum Gasteiger partial charge on any atom is 0.263 e. The van der Waals surface area contributed by atoms with Gasteiger partial charge < -0.3 is 9.13 Å². The smallest absolute Gasteiger partial charge is 0.263 e. The van der Waals surface area contributed by atoms with Crippen molar-refractivity contribution in [1.82, 2.24) is 18.7 Å². The van der Waals surface area contributed by atoms with Gasteiger partial charge in [-0.25, -0.2) is 4.98 Å². The van der Waals surface area contributed by atoms with Crippen molar-refractivity contribution in [3.63, 3.8) is 0 Å². The average molecular weight is 703 g/mol. The van der Waals surface area contributed by atoms with E-state index in [0.29, 0.717) is 5.39 Å². The Morgan fingerprint density at radius 1 is 0.327 bits per heavy atom. The summed E-state index contributed by atoms with van der Waals surface area (Å²) in [4.78, 5) is 20.7. The van der Waals surface area contributed by atoms with Crippen molar-refractivity contribution in [3.05, 3.63) is 192 Å². The SMILES string of the molecule is O=c1c2ccc3c(c4ccccc4n3-c3ccccc3)c2c2cc3c4ccccc4n(-c4ccccc4)c3cc2n1-c1c2ccccc2nc2ccccc12. The Bertz CT molecular complexity index is 3560. The lowest BCUT2D eigenvalue weighted by Gasteiger charge is -2.19. The number of rotatable bonds is 3. The highest BCUT2D eigenvalue weighted by Crippen LogP contribution is 2.43. The predicted molar refractivity (Wildman–Crippen MR) is 229 cm³/mol. The van der Waals surface area contributed by atoms with Crippen molar-refractivity contribution >= 4 is 87.1 Å². The monoisotopic (exact) mass is 702 g/mol. The minimum atomic E-state index is -0.0656. The summed E-state index contributed by atoms with van der Waals surface area (Å²) in [6, 6.07) is 63.2. The number of nitrogens with zero attached hydrogens (tertiary/aromatic N) is 4. The molecule has 0 saturated carbocycles. The molecule has 0 amide bonds. The number of aromatic nitrogens is 4. The predicted octanol–water partition coefficient (Wildman–Crippen LogP) is 12.0. The standard InChI is InChI=1S/C50H30N4O/c55-50-37-27-28-44-48(36-22-10-14-26-43(36)52(44)31-15-3-1-4-16-31)47(37)39-29-38-33-19-9-13-25-42(33)53(32-17-5-2-6-18-32)45(38)30-46(39)54(50)49-34-20-7-11-23-40(34)51-41-24-12-8-21-35(41)49/h1-30H. The molecule has 0 N–H and O–H groups in total. The summed E-state index contributed by atoms with van der Waals surface area (Å²) in [6.45, 7) is 0. The zero-order valence-corrected chi connectivity index (χ0v) is 29.5. The van der Waals surface area contributed by atoms with Crippen LogP contribution in [-0.2, 0) is 0 Å². The zero-order valence-electron chi connectivity index (χ0n) is 29.5. The number of hydrogen-bond donors (Lipinski definition) is 0. The van der Waals surface area contributed by atoms with E-state index in [2.05, 4.69) is 137 Å². The fraction of sp³-hybridized carbons (Fsp3) is 0. The molecule has 5 nitrogen and oxygen atoms in total. The van der Waals surface area contributed by atoms with Crippen LogP contribution in [0.4, 0.5) is 0 Å². The van der Waals surface area contributed by atoms with Crippen LogP contribution >= 0.6 is 0 Å². The molecule has 256 valence electrons. The quantitative estimate of drug-likeness (QED) is 0.136. The third-order valence-corrected chi connectivity index (χ3v) is 11.4. The number of benzene rings is 8. The molecule has 0 atom stereocenters. The zero-order chi connectivity index (χ0) is 36.2. The lowest BCUT2D eigenvalue weighted by atomic mass is 9.97. The van der Waals surface area contributed by atoms with E-state index in [4.69, 9.17) is 4.98 Å². The van der Waals surface area contributed by atoms with Gasteiger partial charge in [0.25, 0.3) is 5.56 Å². The molecule has 0 radical (unpaired) electrons. The summed E-state index contributed by atoms with van der Waals surface area (Å²) in [7, 11) is 0. The Hall–Kier alpha value is -7.50. The van der Waals surface area contributed by atoms with E-state index in [1.807, 2.05) is 59.2 Å². The van der Waals surface area contributed by atoms with Gasteiger partial charge in [0.2, 0.25) is 0 Å². The van der Waals surface area contributed by atoms with Crippen molar-refractivity contribution in [1.29, 1.82) is 0 Å². The van der Waals surface area contributed by atoms with Gasteiger partial charge in [-0.3, -0.25) is 9.36 Å². The van der Waals surface area contributed by atoms with Crippen LogP contribution < -0.4 is 5.56 Å². The van der Waals surface area contributed by atoms with Crippen LogP contribution in [0, 0.1) is 0 Å². The second-order valence-corrected chi connectivity index (χ2v) is 14.3. The van der Waals surface area contributed by atoms with Gasteiger partial charge in [-0.05, 0) is 72.8 Å². The molecule has 8 aromatic carbocycles. The highest BCUT2D eigenvalue weighted by atomic mass is 16.1. The van der Waals surface area contributed by atoms with E-state index in [9.17, 15) is 0 Å². The third kappa shape index (κ3) is 4.12. The van der Waals surface area contributed by atoms with Crippen LogP contribution in [0.2, 0.25) is 0 Å². The maximum absolute atomic E-state index is 15.7. The summed E-state index contributed by atoms with van der Waals surface area (Å²) >= 11 is 0. The van der Waals surface area contributed by atoms with Crippen LogP contribution in [0.5, 0.6) is 0 Å². The topological polar surface area (TPSA) is 44.8 Å². The Kier molecular flexibility index (Phi) is 6.14. The summed E-state index contributed by atoms with van der Waals surface area (Å²) in [6.07, 6.45) is 0. The largest absolute Gasteiger partial charge is 0.309 e. The van der Waals surface area contributed by atoms with Gasteiger partial charge in [0, 0.05) is 59.9 Å². The van der Waals surface area contributed by atoms with Crippen LogP contribution in [0.25, 0.3) is 104 Å². The lowest BCUT2D eigenvalue weighted by molar-refractivity contribution is 1.08. The van der Waals surface area contributed by atoms with E-state index in [1.54, 1.807) is 0 Å². The molecular formula is C50H30N4O. The average Bonchev–Trinajstić information content (AvgIpc) is 3.76. The van der Waals surface area contributed by atoms with Gasteiger partial charge in [0.15, 0.2) is 0 Å². The van der Waals surface area contributed by atoms with Gasteiger partial charge in [0.05, 0.1) is 44.3 Å². The summed E-state index contributed by atoms with van der Waals surface area (Å²) in [5.74, 6) is 0. The van der Waals surface area contributed by atoms with E-state index < -0.39 is 0 Å². The first-order valence-electron chi connectivity index (χ1n) is 18.6. The molecule has 0 fully saturated rings. The number of pyridine rings is 2. The van der Waals surface area contributed by atoms with Crippen LogP contribution in [0.1, 0.15) is 0 Å². The van der Waals surface area contributed by atoms with Crippen molar-refractivity contribution in [3.8, 4) is 17.1 Å². The van der Waals surface area contributed by atoms with E-state index in [0.717, 1.165) is 98.8 Å². The molecule has 4 aromatic heterocycles. The van der Waals surface area contributed by atoms with Crippen LogP contribution in [0.15, 0.2) is 187 Å². The van der Waals surface area contributed by atoms with Crippen molar-refractivity contribution in [2.45, 2.75) is 0 Å². The Labute approximate surface area is 314 Å². The van der Waals surface area contributed by atoms with Crippen LogP contribution in [-0.4, -0.2) is 18.7 Å². The van der Waals surface area contributed by atoms with Crippen molar-refractivity contribution in [2.75, 3.05) is 0 Å². The van der Waals surface area contributed by atoms with E-state index >= 15 is 4.79 Å². The molecule has 0 bridgehead atoms. The molecule has 0 aliphatic heterocycles. The highest BCUT2D eigenvalue weighted by Gasteiger charge is 2.24. The highest BCUT2D eigenvalue weighted by molar-refractivity contribution is 6.30. The molecule has 55 heavy (non-hydrogen) atoms. The molecule has 12 rings (SSSR count). The van der Waals surface area contributed by atoms with Gasteiger partial charge in [-0.1, -0.05) is 109 Å². The molecule has 5 heteroatoms. The lowest BCUT2D eigenvalue weighted by Crippen LogP contribution is -2.20. The fourth-order valence-corrected chi connectivity index (χ4v) is 9.13. The van der Waals surface area contributed by atoms with Gasteiger partial charge >= 0.3 is 0 Å². The van der Waals surface area contributed by atoms with Gasteiger partial charge in [0.1, 0.15) is 0 Å². The summed E-state index contributed by atoms with van der Waals surface area (Å²) < 4.78 is 6.62.